The second-order valence-corrected chi connectivity index (χ2v) is 3.12. The number of benzene rings is 1. The molecule has 4 heteroatoms. The van der Waals surface area contributed by atoms with Gasteiger partial charge in [-0.15, -0.1) is 0 Å². The lowest BCUT2D eigenvalue weighted by Crippen LogP contribution is -2.00. The quantitative estimate of drug-likeness (QED) is 0.799. The highest BCUT2D eigenvalue weighted by Crippen LogP contribution is 2.15. The highest BCUT2D eigenvalue weighted by atomic mass is 16.5. The molecular weight excluding hydrogens is 190 g/mol. The smallest absolute Gasteiger partial charge is 0.125 e. The number of nitrogens with zero attached hydrogens (tertiary/aromatic N) is 1. The van der Waals surface area contributed by atoms with Gasteiger partial charge in [-0.2, -0.15) is 0 Å². The number of hydrogen-bond donors (Lipinski definition) is 2. The first-order valence-corrected chi connectivity index (χ1v) is 4.74. The third-order valence-corrected chi connectivity index (χ3v) is 2.10. The molecule has 0 aliphatic carbocycles. The van der Waals surface area contributed by atoms with Gasteiger partial charge in [0.1, 0.15) is 11.6 Å². The molecule has 0 fully saturated rings. The van der Waals surface area contributed by atoms with Gasteiger partial charge >= 0.3 is 0 Å². The van der Waals surface area contributed by atoms with E-state index in [-0.39, 0.29) is 0 Å². The maximum atomic E-state index is 5.07. The first-order valence-electron chi connectivity index (χ1n) is 4.74. The van der Waals surface area contributed by atoms with Gasteiger partial charge < -0.3 is 15.0 Å². The van der Waals surface area contributed by atoms with Gasteiger partial charge in [0.2, 0.25) is 0 Å². The first-order chi connectivity index (χ1) is 7.38. The summed E-state index contributed by atoms with van der Waals surface area (Å²) in [7, 11) is 1.66. The van der Waals surface area contributed by atoms with Gasteiger partial charge in [-0.25, -0.2) is 4.98 Å². The molecule has 0 spiro atoms. The van der Waals surface area contributed by atoms with Gasteiger partial charge in [-0.1, -0.05) is 0 Å². The molecule has 0 saturated heterocycles. The molecule has 0 radical (unpaired) electrons. The molecule has 1 aromatic heterocycles. The van der Waals surface area contributed by atoms with Crippen molar-refractivity contribution in [2.24, 2.45) is 0 Å². The van der Waals surface area contributed by atoms with E-state index in [1.54, 1.807) is 13.3 Å². The van der Waals surface area contributed by atoms with Crippen LogP contribution in [0.2, 0.25) is 0 Å². The van der Waals surface area contributed by atoms with Gasteiger partial charge in [-0.05, 0) is 24.3 Å². The summed E-state index contributed by atoms with van der Waals surface area (Å²) in [4.78, 5) is 7.15. The summed E-state index contributed by atoms with van der Waals surface area (Å²) in [6.07, 6.45) is 3.55. The number of nitrogens with one attached hydrogen (secondary N) is 2. The number of aromatic amines is 1. The van der Waals surface area contributed by atoms with Gasteiger partial charge in [-0.3, -0.25) is 0 Å². The summed E-state index contributed by atoms with van der Waals surface area (Å²) < 4.78 is 5.07. The van der Waals surface area contributed by atoms with Gasteiger partial charge in [0.15, 0.2) is 0 Å². The fraction of sp³-hybridized carbons (Fsp3) is 0.182. The van der Waals surface area contributed by atoms with Crippen molar-refractivity contribution in [1.82, 2.24) is 9.97 Å². The average molecular weight is 203 g/mol. The minimum absolute atomic E-state index is 0.694. The lowest BCUT2D eigenvalue weighted by molar-refractivity contribution is 0.415. The van der Waals surface area contributed by atoms with Crippen LogP contribution in [0.3, 0.4) is 0 Å². The standard InChI is InChI=1S/C11H13N3O/c1-15-10-4-2-9(3-5-10)14-8-11-12-6-7-13-11/h2-7,14H,8H2,1H3,(H,12,13). The van der Waals surface area contributed by atoms with Crippen molar-refractivity contribution in [3.8, 4) is 5.75 Å². The highest BCUT2D eigenvalue weighted by Gasteiger charge is 1.95. The first kappa shape index (κ1) is 9.58. The largest absolute Gasteiger partial charge is 0.497 e. The number of ether oxygens (including phenoxy) is 1. The summed E-state index contributed by atoms with van der Waals surface area (Å²) in [6, 6.07) is 7.79. The Morgan fingerprint density at radius 3 is 2.73 bits per heavy atom. The Morgan fingerprint density at radius 2 is 2.13 bits per heavy atom. The molecule has 0 saturated carbocycles. The maximum Gasteiger partial charge on any atom is 0.125 e. The zero-order chi connectivity index (χ0) is 10.5. The van der Waals surface area contributed by atoms with E-state index in [9.17, 15) is 0 Å². The van der Waals surface area contributed by atoms with E-state index < -0.39 is 0 Å². The highest BCUT2D eigenvalue weighted by molar-refractivity contribution is 5.46. The Morgan fingerprint density at radius 1 is 1.33 bits per heavy atom. The third-order valence-electron chi connectivity index (χ3n) is 2.10. The number of rotatable bonds is 4. The van der Waals surface area contributed by atoms with Crippen molar-refractivity contribution in [3.05, 3.63) is 42.5 Å². The minimum Gasteiger partial charge on any atom is -0.497 e. The summed E-state index contributed by atoms with van der Waals surface area (Å²) in [6.45, 7) is 0.694. The minimum atomic E-state index is 0.694. The van der Waals surface area contributed by atoms with Gasteiger partial charge in [0, 0.05) is 18.1 Å². The van der Waals surface area contributed by atoms with Crippen LogP contribution in [-0.4, -0.2) is 17.1 Å². The number of imidazole rings is 1. The molecule has 2 rings (SSSR count). The summed E-state index contributed by atoms with van der Waals surface area (Å²) >= 11 is 0. The third kappa shape index (κ3) is 2.49. The summed E-state index contributed by atoms with van der Waals surface area (Å²) in [5.74, 6) is 1.78. The predicted octanol–water partition coefficient (Wildman–Crippen LogP) is 2.03. The number of methoxy groups -OCH3 is 1. The summed E-state index contributed by atoms with van der Waals surface area (Å²) in [5, 5.41) is 3.25. The van der Waals surface area contributed by atoms with Crippen molar-refractivity contribution in [2.45, 2.75) is 6.54 Å². The number of hydrogen-bond acceptors (Lipinski definition) is 3. The lowest BCUT2D eigenvalue weighted by atomic mass is 10.3. The number of aromatic nitrogens is 2. The van der Waals surface area contributed by atoms with Gasteiger partial charge in [0.25, 0.3) is 0 Å². The molecule has 4 nitrogen and oxygen atoms in total. The van der Waals surface area contributed by atoms with E-state index in [0.717, 1.165) is 17.3 Å². The molecule has 1 heterocycles. The molecule has 0 bridgehead atoms. The zero-order valence-corrected chi connectivity index (χ0v) is 8.53. The Hall–Kier alpha value is -1.97. The molecular formula is C11H13N3O. The monoisotopic (exact) mass is 203 g/mol. The molecule has 0 atom stereocenters. The molecule has 1 aromatic carbocycles. The SMILES string of the molecule is COc1ccc(NCc2ncc[nH]2)cc1. The maximum absolute atomic E-state index is 5.07. The van der Waals surface area contributed by atoms with Crippen LogP contribution in [0.25, 0.3) is 0 Å². The van der Waals surface area contributed by atoms with Crippen molar-refractivity contribution in [1.29, 1.82) is 0 Å². The second-order valence-electron chi connectivity index (χ2n) is 3.12. The van der Waals surface area contributed by atoms with E-state index in [1.807, 2.05) is 30.5 Å². The fourth-order valence-corrected chi connectivity index (χ4v) is 1.29. The second kappa shape index (κ2) is 4.50. The molecule has 0 unspecified atom stereocenters. The van der Waals surface area contributed by atoms with Crippen LogP contribution in [0, 0.1) is 0 Å². The lowest BCUT2D eigenvalue weighted by Gasteiger charge is -2.05. The predicted molar refractivity (Wildman–Crippen MR) is 58.9 cm³/mol. The van der Waals surface area contributed by atoms with E-state index in [0.29, 0.717) is 6.54 Å². The van der Waals surface area contributed by atoms with Crippen LogP contribution >= 0.6 is 0 Å². The van der Waals surface area contributed by atoms with Crippen LogP contribution in [0.5, 0.6) is 5.75 Å². The molecule has 2 N–H and O–H groups in total. The topological polar surface area (TPSA) is 49.9 Å². The Balaban J connectivity index is 1.93. The van der Waals surface area contributed by atoms with E-state index in [2.05, 4.69) is 15.3 Å². The summed E-state index contributed by atoms with van der Waals surface area (Å²) in [5.41, 5.74) is 1.05. The van der Waals surface area contributed by atoms with E-state index in [4.69, 9.17) is 4.74 Å². The van der Waals surface area contributed by atoms with Crippen LogP contribution in [0.4, 0.5) is 5.69 Å². The molecule has 2 aromatic rings. The Kier molecular flexibility index (Phi) is 2.88. The van der Waals surface area contributed by atoms with Crippen molar-refractivity contribution in [3.63, 3.8) is 0 Å². The Bertz CT molecular complexity index is 394. The van der Waals surface area contributed by atoms with Crippen molar-refractivity contribution < 1.29 is 4.74 Å². The molecule has 78 valence electrons. The fourth-order valence-electron chi connectivity index (χ4n) is 1.29. The van der Waals surface area contributed by atoms with E-state index in [1.165, 1.54) is 0 Å². The Labute approximate surface area is 88.3 Å². The molecule has 0 aliphatic heterocycles. The number of H-pyrrole nitrogens is 1. The van der Waals surface area contributed by atoms with Crippen molar-refractivity contribution in [2.75, 3.05) is 12.4 Å². The molecule has 15 heavy (non-hydrogen) atoms. The van der Waals surface area contributed by atoms with Crippen LogP contribution in [-0.2, 0) is 6.54 Å². The normalized spacial score (nSPS) is 9.93. The van der Waals surface area contributed by atoms with Crippen LogP contribution in [0.1, 0.15) is 5.82 Å². The van der Waals surface area contributed by atoms with E-state index >= 15 is 0 Å². The zero-order valence-electron chi connectivity index (χ0n) is 8.53. The number of anilines is 1. The molecule has 0 aliphatic rings. The van der Waals surface area contributed by atoms with Gasteiger partial charge in [0.05, 0.1) is 13.7 Å². The average Bonchev–Trinajstić information content (AvgIpc) is 2.80. The van der Waals surface area contributed by atoms with Crippen molar-refractivity contribution >= 4 is 5.69 Å². The van der Waals surface area contributed by atoms with Crippen LogP contribution in [0.15, 0.2) is 36.7 Å². The van der Waals surface area contributed by atoms with Crippen LogP contribution < -0.4 is 10.1 Å². The molecule has 0 amide bonds.